The lowest BCUT2D eigenvalue weighted by Crippen LogP contribution is -2.52. The topological polar surface area (TPSA) is 72.3 Å². The lowest BCUT2D eigenvalue weighted by Gasteiger charge is -2.46. The van der Waals surface area contributed by atoms with Crippen LogP contribution in [0.15, 0.2) is 30.3 Å². The van der Waals surface area contributed by atoms with Crippen molar-refractivity contribution < 1.29 is 18.3 Å². The average molecular weight is 616 g/mol. The molecule has 3 heterocycles. The SMILES string of the molecule is CCc1cc(Nc2cc(C)n(C(C)(C)C)n2)nc(CC2(C(=O)OC(C)(C)C)CCN(c3cccc(Cl)c3F)C(C)C2)c1F. The molecule has 2 atom stereocenters. The highest BCUT2D eigenvalue weighted by Gasteiger charge is 2.48. The van der Waals surface area contributed by atoms with Gasteiger partial charge in [0.15, 0.2) is 11.6 Å². The van der Waals surface area contributed by atoms with Gasteiger partial charge in [-0.1, -0.05) is 24.6 Å². The molecule has 3 aromatic rings. The number of aryl methyl sites for hydroxylation is 2. The number of anilines is 3. The van der Waals surface area contributed by atoms with Gasteiger partial charge in [-0.3, -0.25) is 9.48 Å². The molecule has 2 aromatic heterocycles. The predicted octanol–water partition coefficient (Wildman–Crippen LogP) is 8.14. The molecular formula is C33H44ClF2N5O2. The molecule has 0 bridgehead atoms. The van der Waals surface area contributed by atoms with Gasteiger partial charge < -0.3 is 15.0 Å². The minimum Gasteiger partial charge on any atom is -0.460 e. The summed E-state index contributed by atoms with van der Waals surface area (Å²) in [4.78, 5) is 20.5. The van der Waals surface area contributed by atoms with Crippen LogP contribution in [0, 0.1) is 24.0 Å². The Kier molecular flexibility index (Phi) is 9.17. The van der Waals surface area contributed by atoms with Crippen molar-refractivity contribution in [2.24, 2.45) is 5.41 Å². The third-order valence-electron chi connectivity index (χ3n) is 7.89. The van der Waals surface area contributed by atoms with Crippen molar-refractivity contribution in [3.63, 3.8) is 0 Å². The monoisotopic (exact) mass is 615 g/mol. The van der Waals surface area contributed by atoms with Crippen molar-refractivity contribution in [1.82, 2.24) is 14.8 Å². The first-order valence-electron chi connectivity index (χ1n) is 14.9. The number of nitrogens with one attached hydrogen (secondary N) is 1. The number of carbonyl (C=O) groups excluding carboxylic acids is 1. The van der Waals surface area contributed by atoms with E-state index in [0.29, 0.717) is 48.7 Å². The first kappa shape index (κ1) is 32.7. The zero-order valence-electron chi connectivity index (χ0n) is 26.7. The van der Waals surface area contributed by atoms with Crippen molar-refractivity contribution in [3.8, 4) is 0 Å². The van der Waals surface area contributed by atoms with Crippen molar-refractivity contribution in [1.29, 1.82) is 0 Å². The van der Waals surface area contributed by atoms with E-state index in [-0.39, 0.29) is 28.7 Å². The van der Waals surface area contributed by atoms with Crippen molar-refractivity contribution in [2.45, 2.75) is 105 Å². The number of aromatic nitrogens is 3. The highest BCUT2D eigenvalue weighted by Crippen LogP contribution is 2.43. The summed E-state index contributed by atoms with van der Waals surface area (Å²) in [5.74, 6) is -0.271. The number of hydrogen-bond donors (Lipinski definition) is 1. The summed E-state index contributed by atoms with van der Waals surface area (Å²) in [6.45, 7) is 17.8. The number of ether oxygens (including phenoxy) is 1. The zero-order chi connectivity index (χ0) is 31.9. The Morgan fingerprint density at radius 1 is 1.14 bits per heavy atom. The van der Waals surface area contributed by atoms with E-state index in [9.17, 15) is 9.18 Å². The van der Waals surface area contributed by atoms with Gasteiger partial charge in [0.1, 0.15) is 17.2 Å². The van der Waals surface area contributed by atoms with Gasteiger partial charge in [-0.2, -0.15) is 5.10 Å². The lowest BCUT2D eigenvalue weighted by atomic mass is 9.71. The molecule has 0 amide bonds. The van der Waals surface area contributed by atoms with Gasteiger partial charge in [0.25, 0.3) is 0 Å². The molecule has 1 aliphatic rings. The summed E-state index contributed by atoms with van der Waals surface area (Å²) in [6, 6.07) is 8.27. The third kappa shape index (κ3) is 7.14. The fourth-order valence-electron chi connectivity index (χ4n) is 5.95. The molecule has 1 fully saturated rings. The fraction of sp³-hybridized carbons (Fsp3) is 0.545. The summed E-state index contributed by atoms with van der Waals surface area (Å²) in [6.07, 6.45) is 1.14. The largest absolute Gasteiger partial charge is 0.460 e. The molecule has 7 nitrogen and oxygen atoms in total. The summed E-state index contributed by atoms with van der Waals surface area (Å²) in [7, 11) is 0. The molecule has 2 unspecified atom stereocenters. The van der Waals surface area contributed by atoms with Crippen LogP contribution in [0.1, 0.15) is 85.2 Å². The molecule has 1 aromatic carbocycles. The van der Waals surface area contributed by atoms with Gasteiger partial charge in [-0.15, -0.1) is 0 Å². The summed E-state index contributed by atoms with van der Waals surface area (Å²) < 4.78 is 38.8. The number of rotatable bonds is 7. The summed E-state index contributed by atoms with van der Waals surface area (Å²) in [5, 5.41) is 7.99. The van der Waals surface area contributed by atoms with Crippen LogP contribution in [0.2, 0.25) is 5.02 Å². The van der Waals surface area contributed by atoms with Gasteiger partial charge in [0, 0.05) is 30.8 Å². The standard InChI is InChI=1S/C33H44ClF2N5O2/c1-10-22-17-26(38-27-16-20(2)41(39-27)31(4,5)6)37-24(28(22)35)19-33(30(42)43-32(7,8)9)14-15-40(21(3)18-33)25-13-11-12-23(34)29(25)36/h11-13,16-17,21H,10,14-15,18-19H2,1-9H3,(H,37,38,39). The Hall–Kier alpha value is -3.20. The van der Waals surface area contributed by atoms with Crippen LogP contribution in [0.4, 0.5) is 26.1 Å². The van der Waals surface area contributed by atoms with E-state index in [1.807, 2.05) is 57.2 Å². The Balaban J connectivity index is 1.71. The zero-order valence-corrected chi connectivity index (χ0v) is 27.5. The quantitative estimate of drug-likeness (QED) is 0.271. The molecule has 0 aliphatic carbocycles. The molecule has 1 N–H and O–H groups in total. The number of piperidine rings is 1. The van der Waals surface area contributed by atoms with E-state index in [2.05, 4.69) is 31.1 Å². The molecule has 0 spiro atoms. The summed E-state index contributed by atoms with van der Waals surface area (Å²) >= 11 is 6.08. The van der Waals surface area contributed by atoms with Crippen LogP contribution in [0.5, 0.6) is 0 Å². The maximum absolute atomic E-state index is 15.9. The van der Waals surface area contributed by atoms with Crippen molar-refractivity contribution >= 4 is 34.9 Å². The van der Waals surface area contributed by atoms with E-state index >= 15 is 4.39 Å². The Bertz CT molecular complexity index is 1490. The van der Waals surface area contributed by atoms with Gasteiger partial charge in [0.05, 0.1) is 27.4 Å². The number of esters is 1. The predicted molar refractivity (Wildman–Crippen MR) is 168 cm³/mol. The van der Waals surface area contributed by atoms with Crippen LogP contribution in [-0.4, -0.2) is 38.9 Å². The van der Waals surface area contributed by atoms with E-state index in [4.69, 9.17) is 21.4 Å². The fourth-order valence-corrected chi connectivity index (χ4v) is 6.12. The first-order chi connectivity index (χ1) is 19.9. The lowest BCUT2D eigenvalue weighted by molar-refractivity contribution is -0.169. The van der Waals surface area contributed by atoms with Crippen LogP contribution < -0.4 is 10.2 Å². The van der Waals surface area contributed by atoms with Crippen molar-refractivity contribution in [3.05, 3.63) is 63.9 Å². The maximum atomic E-state index is 15.9. The van der Waals surface area contributed by atoms with Crippen molar-refractivity contribution in [2.75, 3.05) is 16.8 Å². The molecule has 10 heteroatoms. The van der Waals surface area contributed by atoms with Gasteiger partial charge in [-0.05, 0) is 98.4 Å². The van der Waals surface area contributed by atoms with Crippen LogP contribution in [0.25, 0.3) is 0 Å². The molecule has 0 radical (unpaired) electrons. The van der Waals surface area contributed by atoms with Gasteiger partial charge >= 0.3 is 5.97 Å². The second-order valence-electron chi connectivity index (χ2n) is 13.7. The van der Waals surface area contributed by atoms with Gasteiger partial charge in [-0.25, -0.2) is 13.8 Å². The highest BCUT2D eigenvalue weighted by molar-refractivity contribution is 6.31. The Morgan fingerprint density at radius 3 is 2.42 bits per heavy atom. The van der Waals surface area contributed by atoms with Gasteiger partial charge in [0.2, 0.25) is 0 Å². The maximum Gasteiger partial charge on any atom is 0.313 e. The van der Waals surface area contributed by atoms with E-state index in [1.54, 1.807) is 18.2 Å². The summed E-state index contributed by atoms with van der Waals surface area (Å²) in [5.41, 5.74) is 0.0244. The van der Waals surface area contributed by atoms with E-state index in [0.717, 1.165) is 5.69 Å². The number of hydrogen-bond acceptors (Lipinski definition) is 6. The number of nitrogens with zero attached hydrogens (tertiary/aromatic N) is 4. The second kappa shape index (κ2) is 12.1. The Morgan fingerprint density at radius 2 is 1.84 bits per heavy atom. The molecule has 0 saturated carbocycles. The molecule has 43 heavy (non-hydrogen) atoms. The second-order valence-corrected chi connectivity index (χ2v) is 14.1. The molecular weight excluding hydrogens is 572 g/mol. The molecule has 234 valence electrons. The smallest absolute Gasteiger partial charge is 0.313 e. The number of carbonyl (C=O) groups is 1. The number of benzene rings is 1. The van der Waals surface area contributed by atoms with E-state index < -0.39 is 28.6 Å². The third-order valence-corrected chi connectivity index (χ3v) is 8.18. The normalized spacial score (nSPS) is 19.4. The van der Waals surface area contributed by atoms with E-state index in [1.165, 1.54) is 6.07 Å². The molecule has 4 rings (SSSR count). The number of pyridine rings is 1. The minimum atomic E-state index is -1.07. The highest BCUT2D eigenvalue weighted by atomic mass is 35.5. The average Bonchev–Trinajstić information content (AvgIpc) is 3.27. The minimum absolute atomic E-state index is 0.0406. The van der Waals surface area contributed by atoms with Crippen LogP contribution in [-0.2, 0) is 27.9 Å². The first-order valence-corrected chi connectivity index (χ1v) is 15.3. The molecule has 1 aliphatic heterocycles. The molecule has 1 saturated heterocycles. The van der Waals surface area contributed by atoms with Crippen LogP contribution >= 0.6 is 11.6 Å². The Labute approximate surface area is 259 Å². The van der Waals surface area contributed by atoms with Crippen LogP contribution in [0.3, 0.4) is 0 Å². The number of halogens is 3.